The number of carbonyl (C=O) groups is 1. The Balaban J connectivity index is 1.83. The molecule has 2 aromatic carbocycles. The van der Waals surface area contributed by atoms with Crippen LogP contribution in [0.4, 0.5) is 0 Å². The van der Waals surface area contributed by atoms with Crippen molar-refractivity contribution >= 4 is 5.97 Å². The highest BCUT2D eigenvalue weighted by atomic mass is 16.5. The molecule has 2 rings (SSSR count). The van der Waals surface area contributed by atoms with E-state index >= 15 is 0 Å². The van der Waals surface area contributed by atoms with Gasteiger partial charge in [0.25, 0.3) is 0 Å². The van der Waals surface area contributed by atoms with Gasteiger partial charge in [-0.05, 0) is 74.4 Å². The summed E-state index contributed by atoms with van der Waals surface area (Å²) in [5.41, 5.74) is 5.01. The molecule has 0 aliphatic heterocycles. The SMILES string of the molecule is CCOC(=O)C=CCCCc1cccc(OCc2c(C)cccc2C)c1. The lowest BCUT2D eigenvalue weighted by Gasteiger charge is -2.12. The summed E-state index contributed by atoms with van der Waals surface area (Å²) in [5.74, 6) is 0.626. The first-order chi connectivity index (χ1) is 12.6. The Bertz CT molecular complexity index is 727. The van der Waals surface area contributed by atoms with Crippen LogP contribution in [-0.4, -0.2) is 12.6 Å². The van der Waals surface area contributed by atoms with Crippen LogP contribution in [0.2, 0.25) is 0 Å². The summed E-state index contributed by atoms with van der Waals surface area (Å²) in [4.78, 5) is 11.2. The summed E-state index contributed by atoms with van der Waals surface area (Å²) in [6.45, 7) is 7.04. The number of hydrogen-bond donors (Lipinski definition) is 0. The van der Waals surface area contributed by atoms with Crippen molar-refractivity contribution in [2.45, 2.75) is 46.6 Å². The lowest BCUT2D eigenvalue weighted by atomic mass is 10.0. The molecule has 0 fully saturated rings. The van der Waals surface area contributed by atoms with Crippen LogP contribution in [0.3, 0.4) is 0 Å². The summed E-state index contributed by atoms with van der Waals surface area (Å²) in [6, 6.07) is 14.5. The predicted molar refractivity (Wildman–Crippen MR) is 105 cm³/mol. The molecule has 138 valence electrons. The third-order valence-electron chi connectivity index (χ3n) is 4.30. The van der Waals surface area contributed by atoms with Gasteiger partial charge in [0.05, 0.1) is 6.61 Å². The van der Waals surface area contributed by atoms with Crippen molar-refractivity contribution in [3.8, 4) is 5.75 Å². The van der Waals surface area contributed by atoms with Crippen LogP contribution in [0.15, 0.2) is 54.6 Å². The molecule has 0 heterocycles. The normalized spacial score (nSPS) is 10.9. The van der Waals surface area contributed by atoms with E-state index in [4.69, 9.17) is 9.47 Å². The van der Waals surface area contributed by atoms with Gasteiger partial charge in [0.1, 0.15) is 12.4 Å². The summed E-state index contributed by atoms with van der Waals surface area (Å²) in [5, 5.41) is 0. The van der Waals surface area contributed by atoms with Gasteiger partial charge >= 0.3 is 5.97 Å². The molecule has 0 bridgehead atoms. The topological polar surface area (TPSA) is 35.5 Å². The molecule has 0 spiro atoms. The Morgan fingerprint density at radius 3 is 2.54 bits per heavy atom. The van der Waals surface area contributed by atoms with Crippen LogP contribution in [0, 0.1) is 13.8 Å². The molecule has 0 unspecified atom stereocenters. The third kappa shape index (κ3) is 6.40. The van der Waals surface area contributed by atoms with E-state index in [1.54, 1.807) is 6.92 Å². The lowest BCUT2D eigenvalue weighted by molar-refractivity contribution is -0.137. The van der Waals surface area contributed by atoms with Gasteiger partial charge < -0.3 is 9.47 Å². The van der Waals surface area contributed by atoms with E-state index < -0.39 is 0 Å². The molecule has 0 saturated carbocycles. The minimum absolute atomic E-state index is 0.269. The van der Waals surface area contributed by atoms with Gasteiger partial charge in [0.2, 0.25) is 0 Å². The predicted octanol–water partition coefficient (Wildman–Crippen LogP) is 5.32. The molecule has 3 nitrogen and oxygen atoms in total. The van der Waals surface area contributed by atoms with Crippen LogP contribution < -0.4 is 4.74 Å². The van der Waals surface area contributed by atoms with E-state index in [1.807, 2.05) is 18.2 Å². The van der Waals surface area contributed by atoms with Crippen molar-refractivity contribution in [3.63, 3.8) is 0 Å². The molecule has 26 heavy (non-hydrogen) atoms. The van der Waals surface area contributed by atoms with E-state index in [1.165, 1.54) is 28.3 Å². The van der Waals surface area contributed by atoms with Crippen LogP contribution in [0.5, 0.6) is 5.75 Å². The largest absolute Gasteiger partial charge is 0.489 e. The Morgan fingerprint density at radius 1 is 1.08 bits per heavy atom. The number of rotatable bonds is 9. The van der Waals surface area contributed by atoms with Gasteiger partial charge in [0.15, 0.2) is 0 Å². The quantitative estimate of drug-likeness (QED) is 0.348. The zero-order chi connectivity index (χ0) is 18.8. The van der Waals surface area contributed by atoms with E-state index in [0.717, 1.165) is 25.0 Å². The number of unbranched alkanes of at least 4 members (excludes halogenated alkanes) is 1. The van der Waals surface area contributed by atoms with Gasteiger partial charge in [-0.15, -0.1) is 0 Å². The first kappa shape index (κ1) is 19.8. The van der Waals surface area contributed by atoms with E-state index in [-0.39, 0.29) is 5.97 Å². The van der Waals surface area contributed by atoms with Crippen LogP contribution >= 0.6 is 0 Å². The molecular weight excluding hydrogens is 324 g/mol. The number of carbonyl (C=O) groups excluding carboxylic acids is 1. The molecule has 0 amide bonds. The maximum Gasteiger partial charge on any atom is 0.330 e. The highest BCUT2D eigenvalue weighted by molar-refractivity contribution is 5.81. The minimum atomic E-state index is -0.269. The van der Waals surface area contributed by atoms with Crippen molar-refractivity contribution < 1.29 is 14.3 Å². The summed E-state index contributed by atoms with van der Waals surface area (Å²) < 4.78 is 10.9. The Morgan fingerprint density at radius 2 is 1.81 bits per heavy atom. The van der Waals surface area contributed by atoms with Gasteiger partial charge in [-0.25, -0.2) is 4.79 Å². The second-order valence-electron chi connectivity index (χ2n) is 6.35. The number of allylic oxidation sites excluding steroid dienone is 1. The Labute approximate surface area is 156 Å². The molecule has 0 aliphatic carbocycles. The average Bonchev–Trinajstić information content (AvgIpc) is 2.62. The zero-order valence-corrected chi connectivity index (χ0v) is 16.0. The number of benzene rings is 2. The third-order valence-corrected chi connectivity index (χ3v) is 4.30. The second kappa shape index (κ2) is 10.4. The van der Waals surface area contributed by atoms with E-state index in [2.05, 4.69) is 44.2 Å². The van der Waals surface area contributed by atoms with Crippen molar-refractivity contribution in [1.82, 2.24) is 0 Å². The molecule has 0 saturated heterocycles. The Kier molecular flexibility index (Phi) is 7.94. The summed E-state index contributed by atoms with van der Waals surface area (Å²) >= 11 is 0. The number of ether oxygens (including phenoxy) is 2. The van der Waals surface area contributed by atoms with Crippen molar-refractivity contribution in [2.75, 3.05) is 6.61 Å². The number of hydrogen-bond acceptors (Lipinski definition) is 3. The van der Waals surface area contributed by atoms with Crippen LogP contribution in [-0.2, 0) is 22.6 Å². The molecule has 0 radical (unpaired) electrons. The lowest BCUT2D eigenvalue weighted by Crippen LogP contribution is -2.01. The van der Waals surface area contributed by atoms with Gasteiger partial charge in [-0.1, -0.05) is 36.4 Å². The van der Waals surface area contributed by atoms with Gasteiger partial charge in [0, 0.05) is 6.08 Å². The monoisotopic (exact) mass is 352 g/mol. The maximum absolute atomic E-state index is 11.2. The first-order valence-electron chi connectivity index (χ1n) is 9.20. The fraction of sp³-hybridized carbons (Fsp3) is 0.348. The number of esters is 1. The molecule has 0 N–H and O–H groups in total. The van der Waals surface area contributed by atoms with Crippen molar-refractivity contribution in [2.24, 2.45) is 0 Å². The average molecular weight is 352 g/mol. The number of aryl methyl sites for hydroxylation is 3. The van der Waals surface area contributed by atoms with E-state index in [9.17, 15) is 4.79 Å². The Hall–Kier alpha value is -2.55. The van der Waals surface area contributed by atoms with E-state index in [0.29, 0.717) is 13.2 Å². The van der Waals surface area contributed by atoms with Gasteiger partial charge in [-0.2, -0.15) is 0 Å². The molecule has 3 heteroatoms. The highest BCUT2D eigenvalue weighted by Gasteiger charge is 2.04. The molecular formula is C23H28O3. The summed E-state index contributed by atoms with van der Waals surface area (Å²) in [6.07, 6.45) is 6.17. The highest BCUT2D eigenvalue weighted by Crippen LogP contribution is 2.19. The molecule has 2 aromatic rings. The molecule has 0 aliphatic rings. The fourth-order valence-corrected chi connectivity index (χ4v) is 2.82. The second-order valence-corrected chi connectivity index (χ2v) is 6.35. The smallest absolute Gasteiger partial charge is 0.330 e. The molecule has 0 atom stereocenters. The first-order valence-corrected chi connectivity index (χ1v) is 9.20. The molecule has 0 aromatic heterocycles. The standard InChI is InChI=1S/C23H28O3/c1-4-25-23(24)15-7-5-6-12-20-13-9-14-21(16-20)26-17-22-18(2)10-8-11-19(22)3/h7-11,13-16H,4-6,12,17H2,1-3H3. The zero-order valence-electron chi connectivity index (χ0n) is 16.0. The van der Waals surface area contributed by atoms with Gasteiger partial charge in [-0.3, -0.25) is 0 Å². The van der Waals surface area contributed by atoms with Crippen LogP contribution in [0.25, 0.3) is 0 Å². The minimum Gasteiger partial charge on any atom is -0.489 e. The summed E-state index contributed by atoms with van der Waals surface area (Å²) in [7, 11) is 0. The van der Waals surface area contributed by atoms with Crippen LogP contribution in [0.1, 0.15) is 42.0 Å². The van der Waals surface area contributed by atoms with Crippen molar-refractivity contribution in [3.05, 3.63) is 76.9 Å². The van der Waals surface area contributed by atoms with Crippen molar-refractivity contribution in [1.29, 1.82) is 0 Å². The fourth-order valence-electron chi connectivity index (χ4n) is 2.82. The maximum atomic E-state index is 11.2.